The smallest absolute Gasteiger partial charge is 0.307 e. The lowest BCUT2D eigenvalue weighted by molar-refractivity contribution is -0.143. The molecule has 1 aliphatic heterocycles. The van der Waals surface area contributed by atoms with Crippen LogP contribution in [0.25, 0.3) is 0 Å². The molecule has 0 bridgehead atoms. The molecule has 1 aliphatic rings. The van der Waals surface area contributed by atoms with Gasteiger partial charge in [-0.2, -0.15) is 0 Å². The van der Waals surface area contributed by atoms with Gasteiger partial charge in [-0.1, -0.05) is 68.1 Å². The van der Waals surface area contributed by atoms with Crippen LogP contribution in [0.4, 0.5) is 0 Å². The third kappa shape index (κ3) is 8.12. The van der Waals surface area contributed by atoms with Crippen LogP contribution in [0.5, 0.6) is 0 Å². The fourth-order valence-corrected chi connectivity index (χ4v) is 3.52. The van der Waals surface area contributed by atoms with E-state index >= 15 is 0 Å². The van der Waals surface area contributed by atoms with Gasteiger partial charge in [-0.3, -0.25) is 9.69 Å². The fourth-order valence-electron chi connectivity index (χ4n) is 3.52. The minimum atomic E-state index is -0.687. The second-order valence-electron chi connectivity index (χ2n) is 7.38. The highest BCUT2D eigenvalue weighted by atomic mass is 16.6. The van der Waals surface area contributed by atoms with Gasteiger partial charge < -0.3 is 9.94 Å². The Bertz CT molecular complexity index is 574. The lowest BCUT2D eigenvalue weighted by Crippen LogP contribution is -2.40. The average molecular weight is 375 g/mol. The number of carbonyl (C=O) groups is 1. The molecule has 27 heavy (non-hydrogen) atoms. The maximum atomic E-state index is 11.2. The van der Waals surface area contributed by atoms with Gasteiger partial charge in [-0.15, -0.1) is 0 Å². The SMILES string of the molecule is CCCCCCC/C(=N\OCCN1CCC[C@@H](C(=O)O)C1)c1ccccc1. The van der Waals surface area contributed by atoms with Crippen molar-refractivity contribution in [2.75, 3.05) is 26.2 Å². The topological polar surface area (TPSA) is 62.1 Å². The number of benzene rings is 1. The number of aliphatic carboxylic acids is 1. The first-order valence-corrected chi connectivity index (χ1v) is 10.4. The molecular formula is C22H34N2O3. The highest BCUT2D eigenvalue weighted by Crippen LogP contribution is 2.16. The minimum absolute atomic E-state index is 0.245. The van der Waals surface area contributed by atoms with E-state index in [-0.39, 0.29) is 5.92 Å². The number of carboxylic acid groups (broad SMARTS) is 1. The predicted molar refractivity (Wildman–Crippen MR) is 109 cm³/mol. The van der Waals surface area contributed by atoms with Crippen molar-refractivity contribution < 1.29 is 14.7 Å². The molecule has 0 saturated carbocycles. The van der Waals surface area contributed by atoms with Gasteiger partial charge in [-0.05, 0) is 37.8 Å². The maximum absolute atomic E-state index is 11.2. The molecule has 1 fully saturated rings. The van der Waals surface area contributed by atoms with Crippen molar-refractivity contribution in [3.63, 3.8) is 0 Å². The standard InChI is InChI=1S/C22H34N2O3/c1-2-3-4-5-9-14-21(19-11-7-6-8-12-19)23-27-17-16-24-15-10-13-20(18-24)22(25)26/h6-8,11-12,20H,2-5,9-10,13-18H2,1H3,(H,25,26)/b23-21+/t20-/m1/s1. The van der Waals surface area contributed by atoms with Crippen molar-refractivity contribution in [2.45, 2.75) is 58.3 Å². The zero-order chi connectivity index (χ0) is 19.3. The fraction of sp³-hybridized carbons (Fsp3) is 0.636. The molecule has 0 radical (unpaired) electrons. The van der Waals surface area contributed by atoms with Gasteiger partial charge in [0.05, 0.1) is 11.6 Å². The number of rotatable bonds is 12. The molecule has 0 aromatic heterocycles. The van der Waals surface area contributed by atoms with E-state index < -0.39 is 5.97 Å². The molecule has 1 aromatic carbocycles. The summed E-state index contributed by atoms with van der Waals surface area (Å²) >= 11 is 0. The van der Waals surface area contributed by atoms with E-state index in [2.05, 4.69) is 29.1 Å². The van der Waals surface area contributed by atoms with Gasteiger partial charge in [0.15, 0.2) is 0 Å². The van der Waals surface area contributed by atoms with Crippen LogP contribution < -0.4 is 0 Å². The normalized spacial score (nSPS) is 18.4. The second-order valence-corrected chi connectivity index (χ2v) is 7.38. The van der Waals surface area contributed by atoms with Crippen molar-refractivity contribution in [1.82, 2.24) is 4.90 Å². The highest BCUT2D eigenvalue weighted by molar-refractivity contribution is 6.00. The molecule has 0 spiro atoms. The van der Waals surface area contributed by atoms with Crippen molar-refractivity contribution in [2.24, 2.45) is 11.1 Å². The van der Waals surface area contributed by atoms with Crippen LogP contribution >= 0.6 is 0 Å². The Morgan fingerprint density at radius 3 is 2.74 bits per heavy atom. The highest BCUT2D eigenvalue weighted by Gasteiger charge is 2.24. The number of hydrogen-bond donors (Lipinski definition) is 1. The third-order valence-corrected chi connectivity index (χ3v) is 5.15. The first-order chi connectivity index (χ1) is 13.2. The second kappa shape index (κ2) is 12.5. The molecule has 2 rings (SSSR count). The molecular weight excluding hydrogens is 340 g/mol. The minimum Gasteiger partial charge on any atom is -0.481 e. The average Bonchev–Trinajstić information content (AvgIpc) is 2.70. The van der Waals surface area contributed by atoms with Crippen LogP contribution in [0.2, 0.25) is 0 Å². The summed E-state index contributed by atoms with van der Waals surface area (Å²) in [6.07, 6.45) is 8.82. The number of unbranched alkanes of at least 4 members (excludes halogenated alkanes) is 4. The van der Waals surface area contributed by atoms with Crippen molar-refractivity contribution in [3.8, 4) is 0 Å². The Labute approximate surface area is 163 Å². The van der Waals surface area contributed by atoms with E-state index in [0.29, 0.717) is 13.2 Å². The summed E-state index contributed by atoms with van der Waals surface area (Å²) in [6.45, 7) is 5.02. The van der Waals surface area contributed by atoms with E-state index in [0.717, 1.165) is 50.0 Å². The molecule has 0 unspecified atom stereocenters. The quantitative estimate of drug-likeness (QED) is 0.331. The molecule has 150 valence electrons. The van der Waals surface area contributed by atoms with Crippen LogP contribution in [0.1, 0.15) is 63.9 Å². The molecule has 1 saturated heterocycles. The van der Waals surface area contributed by atoms with Gasteiger partial charge in [-0.25, -0.2) is 0 Å². The lowest BCUT2D eigenvalue weighted by Gasteiger charge is -2.29. The first kappa shape index (κ1) is 21.4. The van der Waals surface area contributed by atoms with Crippen LogP contribution in [0.3, 0.4) is 0 Å². The first-order valence-electron chi connectivity index (χ1n) is 10.4. The van der Waals surface area contributed by atoms with E-state index in [1.54, 1.807) is 0 Å². The summed E-state index contributed by atoms with van der Waals surface area (Å²) in [5.74, 6) is -0.932. The Morgan fingerprint density at radius 1 is 1.22 bits per heavy atom. The number of hydrogen-bond acceptors (Lipinski definition) is 4. The monoisotopic (exact) mass is 374 g/mol. The van der Waals surface area contributed by atoms with E-state index in [4.69, 9.17) is 4.84 Å². The van der Waals surface area contributed by atoms with Gasteiger partial charge in [0.25, 0.3) is 0 Å². The number of nitrogens with zero attached hydrogens (tertiary/aromatic N) is 2. The van der Waals surface area contributed by atoms with Gasteiger partial charge in [0.1, 0.15) is 6.61 Å². The van der Waals surface area contributed by atoms with Crippen molar-refractivity contribution >= 4 is 11.7 Å². The van der Waals surface area contributed by atoms with Crippen LogP contribution in [0, 0.1) is 5.92 Å². The van der Waals surface area contributed by atoms with Gasteiger partial charge >= 0.3 is 5.97 Å². The van der Waals surface area contributed by atoms with Crippen molar-refractivity contribution in [1.29, 1.82) is 0 Å². The summed E-state index contributed by atoms with van der Waals surface area (Å²) in [5.41, 5.74) is 2.13. The molecule has 0 aliphatic carbocycles. The van der Waals surface area contributed by atoms with Crippen LogP contribution in [-0.4, -0.2) is 47.9 Å². The molecule has 0 amide bonds. The summed E-state index contributed by atoms with van der Waals surface area (Å²) in [6, 6.07) is 10.2. The number of piperidine rings is 1. The van der Waals surface area contributed by atoms with E-state index in [1.807, 2.05) is 18.2 Å². The Hall–Kier alpha value is -1.88. The largest absolute Gasteiger partial charge is 0.481 e. The summed E-state index contributed by atoms with van der Waals surface area (Å²) < 4.78 is 0. The molecule has 5 nitrogen and oxygen atoms in total. The molecule has 5 heteroatoms. The Morgan fingerprint density at radius 2 is 2.00 bits per heavy atom. The molecule has 1 heterocycles. The third-order valence-electron chi connectivity index (χ3n) is 5.15. The molecule has 1 aromatic rings. The lowest BCUT2D eigenvalue weighted by atomic mass is 9.98. The zero-order valence-corrected chi connectivity index (χ0v) is 16.6. The zero-order valence-electron chi connectivity index (χ0n) is 16.6. The Balaban J connectivity index is 1.80. The summed E-state index contributed by atoms with van der Waals surface area (Å²) in [7, 11) is 0. The summed E-state index contributed by atoms with van der Waals surface area (Å²) in [4.78, 5) is 19.0. The predicted octanol–water partition coefficient (Wildman–Crippen LogP) is 4.56. The Kier molecular flexibility index (Phi) is 9.91. The maximum Gasteiger partial charge on any atom is 0.307 e. The van der Waals surface area contributed by atoms with E-state index in [1.165, 1.54) is 25.7 Å². The van der Waals surface area contributed by atoms with Crippen LogP contribution in [-0.2, 0) is 9.63 Å². The number of likely N-dealkylation sites (tertiary alicyclic amines) is 1. The van der Waals surface area contributed by atoms with Gasteiger partial charge in [0.2, 0.25) is 0 Å². The van der Waals surface area contributed by atoms with Crippen LogP contribution in [0.15, 0.2) is 35.5 Å². The number of oxime groups is 1. The van der Waals surface area contributed by atoms with Gasteiger partial charge in [0, 0.05) is 13.1 Å². The number of carboxylic acids is 1. The summed E-state index contributed by atoms with van der Waals surface area (Å²) in [5, 5.41) is 13.6. The van der Waals surface area contributed by atoms with E-state index in [9.17, 15) is 9.90 Å². The molecule has 1 N–H and O–H groups in total. The van der Waals surface area contributed by atoms with Crippen molar-refractivity contribution in [3.05, 3.63) is 35.9 Å². The molecule has 1 atom stereocenters.